The zero-order chi connectivity index (χ0) is 14.8. The molecule has 0 N–H and O–H groups in total. The molecule has 1 aliphatic heterocycles. The van der Waals surface area contributed by atoms with E-state index in [1.807, 2.05) is 17.5 Å². The van der Waals surface area contributed by atoms with Gasteiger partial charge in [-0.1, -0.05) is 6.07 Å². The third-order valence-corrected chi connectivity index (χ3v) is 5.42. The summed E-state index contributed by atoms with van der Waals surface area (Å²) in [6.45, 7) is 4.92. The average molecular weight is 317 g/mol. The molecule has 4 nitrogen and oxygen atoms in total. The molecule has 1 fully saturated rings. The highest BCUT2D eigenvalue weighted by Gasteiger charge is 2.26. The molecule has 22 heavy (non-hydrogen) atoms. The zero-order valence-electron chi connectivity index (χ0n) is 12.9. The highest BCUT2D eigenvalue weighted by atomic mass is 32.1. The van der Waals surface area contributed by atoms with E-state index in [2.05, 4.69) is 38.3 Å². The van der Waals surface area contributed by atoms with E-state index in [1.54, 1.807) is 0 Å². The fourth-order valence-corrected chi connectivity index (χ4v) is 3.92. The molecule has 1 atom stereocenters. The summed E-state index contributed by atoms with van der Waals surface area (Å²) in [6.07, 6.45) is 5.72. The highest BCUT2D eigenvalue weighted by molar-refractivity contribution is 7.09. The summed E-state index contributed by atoms with van der Waals surface area (Å²) in [4.78, 5) is 3.98. The van der Waals surface area contributed by atoms with Crippen molar-refractivity contribution in [3.05, 3.63) is 40.3 Å². The molecule has 2 aliphatic rings. The number of fused-ring (bicyclic) bond motifs is 1. The predicted molar refractivity (Wildman–Crippen MR) is 87.9 cm³/mol. The highest BCUT2D eigenvalue weighted by Crippen LogP contribution is 2.29. The van der Waals surface area contributed by atoms with Crippen LogP contribution in [-0.2, 0) is 17.8 Å². The van der Waals surface area contributed by atoms with Crippen LogP contribution in [0.5, 0.6) is 0 Å². The number of ether oxygens (including phenoxy) is 1. The first kappa shape index (κ1) is 14.4. The van der Waals surface area contributed by atoms with Gasteiger partial charge in [0.25, 0.3) is 0 Å². The molecule has 3 heterocycles. The minimum absolute atomic E-state index is 0.443. The van der Waals surface area contributed by atoms with Gasteiger partial charge in [0.2, 0.25) is 0 Å². The lowest BCUT2D eigenvalue weighted by Crippen LogP contribution is -2.37. The van der Waals surface area contributed by atoms with E-state index < -0.39 is 0 Å². The lowest BCUT2D eigenvalue weighted by Gasteiger charge is -2.33. The summed E-state index contributed by atoms with van der Waals surface area (Å²) in [6, 6.07) is 6.96. The molecule has 5 heteroatoms. The second kappa shape index (κ2) is 6.52. The van der Waals surface area contributed by atoms with Crippen LogP contribution in [0, 0.1) is 5.92 Å². The molecule has 2 aromatic heterocycles. The molecule has 118 valence electrons. The minimum atomic E-state index is 0.443. The number of nitrogens with zero attached hydrogens (tertiary/aromatic N) is 3. The van der Waals surface area contributed by atoms with Gasteiger partial charge in [-0.25, -0.2) is 0 Å². The van der Waals surface area contributed by atoms with E-state index in [9.17, 15) is 0 Å². The van der Waals surface area contributed by atoms with Gasteiger partial charge in [-0.05, 0) is 42.7 Å². The Morgan fingerprint density at radius 3 is 3.09 bits per heavy atom. The lowest BCUT2D eigenvalue weighted by atomic mass is 10.1. The maximum Gasteiger partial charge on any atom is 0.0672 e. The standard InChI is InChI=1S/C17H23N3OS/c1-2-17(22-9-1)12-19-10-15-5-7-18-20(15)16(11-19)6-8-21-13-14-3-4-14/h1-2,5,7,9,14,16H,3-4,6,8,10-13H2. The Hall–Kier alpha value is -1.17. The largest absolute Gasteiger partial charge is 0.381 e. The fourth-order valence-electron chi connectivity index (χ4n) is 3.18. The Kier molecular flexibility index (Phi) is 4.28. The van der Waals surface area contributed by atoms with Crippen LogP contribution in [-0.4, -0.2) is 34.4 Å². The van der Waals surface area contributed by atoms with Gasteiger partial charge in [-0.2, -0.15) is 5.10 Å². The quantitative estimate of drug-likeness (QED) is 0.734. The zero-order valence-corrected chi connectivity index (χ0v) is 13.7. The molecule has 0 radical (unpaired) electrons. The maximum absolute atomic E-state index is 5.84. The minimum Gasteiger partial charge on any atom is -0.381 e. The SMILES string of the molecule is c1csc(CN2Cc3ccnn3C(CCOCC3CC3)C2)c1. The Morgan fingerprint density at radius 2 is 2.27 bits per heavy atom. The third-order valence-electron chi connectivity index (χ3n) is 4.56. The molecule has 4 rings (SSSR count). The first-order valence-corrected chi connectivity index (χ1v) is 9.11. The Labute approximate surface area is 135 Å². The van der Waals surface area contributed by atoms with Crippen LogP contribution in [0.3, 0.4) is 0 Å². The van der Waals surface area contributed by atoms with Gasteiger partial charge in [0.15, 0.2) is 0 Å². The summed E-state index contributed by atoms with van der Waals surface area (Å²) in [5.74, 6) is 0.849. The first-order valence-electron chi connectivity index (χ1n) is 8.23. The average Bonchev–Trinajstić information content (AvgIpc) is 2.99. The molecule has 0 spiro atoms. The number of aromatic nitrogens is 2. The van der Waals surface area contributed by atoms with Gasteiger partial charge in [0.1, 0.15) is 0 Å². The summed E-state index contributed by atoms with van der Waals surface area (Å²) >= 11 is 1.84. The summed E-state index contributed by atoms with van der Waals surface area (Å²) in [7, 11) is 0. The van der Waals surface area contributed by atoms with Crippen LogP contribution < -0.4 is 0 Å². The molecule has 0 saturated heterocycles. The van der Waals surface area contributed by atoms with Gasteiger partial charge >= 0.3 is 0 Å². The van der Waals surface area contributed by atoms with E-state index >= 15 is 0 Å². The molecule has 0 aromatic carbocycles. The molecule has 1 aliphatic carbocycles. The van der Waals surface area contributed by atoms with Crippen molar-refractivity contribution in [3.63, 3.8) is 0 Å². The molecule has 0 bridgehead atoms. The van der Waals surface area contributed by atoms with Gasteiger partial charge < -0.3 is 4.74 Å². The molecular weight excluding hydrogens is 294 g/mol. The molecule has 1 saturated carbocycles. The second-order valence-electron chi connectivity index (χ2n) is 6.48. The van der Waals surface area contributed by atoms with Crippen LogP contribution in [0.15, 0.2) is 29.8 Å². The van der Waals surface area contributed by atoms with Crippen molar-refractivity contribution in [2.24, 2.45) is 5.92 Å². The van der Waals surface area contributed by atoms with E-state index in [4.69, 9.17) is 4.74 Å². The van der Waals surface area contributed by atoms with Crippen molar-refractivity contribution >= 4 is 11.3 Å². The number of thiophene rings is 1. The van der Waals surface area contributed by atoms with Crippen molar-refractivity contribution in [1.29, 1.82) is 0 Å². The van der Waals surface area contributed by atoms with Crippen molar-refractivity contribution in [1.82, 2.24) is 14.7 Å². The topological polar surface area (TPSA) is 30.3 Å². The lowest BCUT2D eigenvalue weighted by molar-refractivity contribution is 0.0908. The van der Waals surface area contributed by atoms with E-state index in [-0.39, 0.29) is 0 Å². The maximum atomic E-state index is 5.84. The summed E-state index contributed by atoms with van der Waals surface area (Å²) in [5, 5.41) is 6.69. The van der Waals surface area contributed by atoms with Crippen LogP contribution in [0.25, 0.3) is 0 Å². The monoisotopic (exact) mass is 317 g/mol. The van der Waals surface area contributed by atoms with Gasteiger partial charge in [-0.3, -0.25) is 9.58 Å². The fraction of sp³-hybridized carbons (Fsp3) is 0.588. The molecular formula is C17H23N3OS. The van der Waals surface area contributed by atoms with E-state index in [0.29, 0.717) is 6.04 Å². The van der Waals surface area contributed by atoms with Crippen LogP contribution >= 0.6 is 11.3 Å². The first-order chi connectivity index (χ1) is 10.9. The van der Waals surface area contributed by atoms with Crippen LogP contribution in [0.4, 0.5) is 0 Å². The van der Waals surface area contributed by atoms with Crippen LogP contribution in [0.1, 0.15) is 35.9 Å². The summed E-state index contributed by atoms with van der Waals surface area (Å²) in [5.41, 5.74) is 1.33. The van der Waals surface area contributed by atoms with Gasteiger partial charge in [-0.15, -0.1) is 11.3 Å². The summed E-state index contributed by atoms with van der Waals surface area (Å²) < 4.78 is 8.05. The van der Waals surface area contributed by atoms with Crippen molar-refractivity contribution in [2.75, 3.05) is 19.8 Å². The smallest absolute Gasteiger partial charge is 0.0672 e. The van der Waals surface area contributed by atoms with Gasteiger partial charge in [0, 0.05) is 43.9 Å². The predicted octanol–water partition coefficient (Wildman–Crippen LogP) is 3.32. The Balaban J connectivity index is 1.36. The normalized spacial score (nSPS) is 21.9. The second-order valence-corrected chi connectivity index (χ2v) is 7.51. The van der Waals surface area contributed by atoms with Crippen molar-refractivity contribution in [2.45, 2.75) is 38.4 Å². The van der Waals surface area contributed by atoms with Crippen molar-refractivity contribution in [3.8, 4) is 0 Å². The van der Waals surface area contributed by atoms with Crippen molar-refractivity contribution < 1.29 is 4.74 Å². The van der Waals surface area contributed by atoms with E-state index in [1.165, 1.54) is 23.4 Å². The molecule has 1 unspecified atom stereocenters. The number of hydrogen-bond acceptors (Lipinski definition) is 4. The Morgan fingerprint density at radius 1 is 1.32 bits per heavy atom. The third kappa shape index (κ3) is 3.42. The van der Waals surface area contributed by atoms with E-state index in [0.717, 1.165) is 45.2 Å². The van der Waals surface area contributed by atoms with Crippen LogP contribution in [0.2, 0.25) is 0 Å². The number of rotatable bonds is 7. The molecule has 2 aromatic rings. The number of hydrogen-bond donors (Lipinski definition) is 0. The molecule has 0 amide bonds. The van der Waals surface area contributed by atoms with Gasteiger partial charge in [0.05, 0.1) is 11.7 Å². The Bertz CT molecular complexity index is 591.